The number of aromatic nitrogens is 2. The highest BCUT2D eigenvalue weighted by Gasteiger charge is 2.14. The van der Waals surface area contributed by atoms with Crippen LogP contribution in [-0.4, -0.2) is 21.9 Å². The zero-order valence-electron chi connectivity index (χ0n) is 19.8. The van der Waals surface area contributed by atoms with Crippen LogP contribution in [0.2, 0.25) is 0 Å². The van der Waals surface area contributed by atoms with Crippen LogP contribution in [0.25, 0.3) is 16.9 Å². The quantitative estimate of drug-likeness (QED) is 0.214. The van der Waals surface area contributed by atoms with E-state index in [1.54, 1.807) is 41.2 Å². The Balaban J connectivity index is 1.36. The van der Waals surface area contributed by atoms with E-state index < -0.39 is 5.91 Å². The van der Waals surface area contributed by atoms with Gasteiger partial charge in [0.15, 0.2) is 0 Å². The second kappa shape index (κ2) is 11.1. The molecular weight excluding hydrogens is 467 g/mol. The number of nitrogens with zero attached hydrogens (tertiary/aromatic N) is 3. The molecule has 0 aliphatic carbocycles. The third-order valence-corrected chi connectivity index (χ3v) is 5.62. The average Bonchev–Trinajstić information content (AvgIpc) is 3.37. The van der Waals surface area contributed by atoms with Gasteiger partial charge in [-0.25, -0.2) is 14.5 Å². The second-order valence-corrected chi connectivity index (χ2v) is 8.19. The van der Waals surface area contributed by atoms with Crippen molar-refractivity contribution in [2.45, 2.75) is 6.61 Å². The van der Waals surface area contributed by atoms with E-state index in [0.29, 0.717) is 29.2 Å². The molecule has 0 atom stereocenters. The van der Waals surface area contributed by atoms with Crippen LogP contribution in [-0.2, 0) is 6.61 Å². The maximum Gasteiger partial charge on any atom is 0.275 e. The number of rotatable bonds is 8. The van der Waals surface area contributed by atoms with Crippen molar-refractivity contribution in [3.05, 3.63) is 138 Å². The van der Waals surface area contributed by atoms with E-state index in [1.807, 2.05) is 66.7 Å². The Bertz CT molecular complexity index is 1510. The molecule has 4 aromatic carbocycles. The lowest BCUT2D eigenvalue weighted by Crippen LogP contribution is -2.18. The highest BCUT2D eigenvalue weighted by Crippen LogP contribution is 2.23. The minimum Gasteiger partial charge on any atom is -0.488 e. The van der Waals surface area contributed by atoms with Crippen LogP contribution in [0.4, 0.5) is 4.39 Å². The number of carbonyl (C=O) groups excluding carboxylic acids is 1. The molecule has 0 aliphatic heterocycles. The van der Waals surface area contributed by atoms with Gasteiger partial charge in [-0.2, -0.15) is 10.2 Å². The van der Waals surface area contributed by atoms with Crippen molar-refractivity contribution in [1.29, 1.82) is 0 Å². The Labute approximate surface area is 213 Å². The van der Waals surface area contributed by atoms with Gasteiger partial charge in [0.25, 0.3) is 5.91 Å². The summed E-state index contributed by atoms with van der Waals surface area (Å²) < 4.78 is 21.1. The Kier molecular flexibility index (Phi) is 7.13. The summed E-state index contributed by atoms with van der Waals surface area (Å²) in [6.45, 7) is 0.341. The molecule has 182 valence electrons. The highest BCUT2D eigenvalue weighted by molar-refractivity contribution is 5.98. The number of halogens is 1. The molecule has 0 saturated carbocycles. The van der Waals surface area contributed by atoms with Gasteiger partial charge >= 0.3 is 0 Å². The predicted molar refractivity (Wildman–Crippen MR) is 141 cm³/mol. The maximum atomic E-state index is 13.5. The van der Waals surface area contributed by atoms with Crippen molar-refractivity contribution >= 4 is 12.1 Å². The summed E-state index contributed by atoms with van der Waals surface area (Å²) in [5.74, 6) is -0.275. The van der Waals surface area contributed by atoms with Gasteiger partial charge in [0.1, 0.15) is 23.9 Å². The number of hydrogen-bond acceptors (Lipinski definition) is 4. The zero-order chi connectivity index (χ0) is 25.5. The molecule has 1 amide bonds. The van der Waals surface area contributed by atoms with E-state index >= 15 is 0 Å². The fourth-order valence-electron chi connectivity index (χ4n) is 3.76. The lowest BCUT2D eigenvalue weighted by atomic mass is 10.1. The lowest BCUT2D eigenvalue weighted by Gasteiger charge is -2.10. The summed E-state index contributed by atoms with van der Waals surface area (Å²) in [4.78, 5) is 12.9. The third kappa shape index (κ3) is 5.79. The van der Waals surface area contributed by atoms with Crippen LogP contribution < -0.4 is 10.2 Å². The van der Waals surface area contributed by atoms with Gasteiger partial charge in [0, 0.05) is 17.3 Å². The number of para-hydroxylation sites is 2. The highest BCUT2D eigenvalue weighted by atomic mass is 19.1. The third-order valence-electron chi connectivity index (χ3n) is 5.62. The van der Waals surface area contributed by atoms with Crippen molar-refractivity contribution in [3.8, 4) is 22.7 Å². The number of hydrogen-bond donors (Lipinski definition) is 1. The summed E-state index contributed by atoms with van der Waals surface area (Å²) in [5.41, 5.74) is 6.79. The molecule has 0 spiro atoms. The van der Waals surface area contributed by atoms with Crippen molar-refractivity contribution in [2.75, 3.05) is 0 Å². The predicted octanol–water partition coefficient (Wildman–Crippen LogP) is 6.02. The van der Waals surface area contributed by atoms with Gasteiger partial charge in [-0.05, 0) is 54.1 Å². The van der Waals surface area contributed by atoms with Gasteiger partial charge in [-0.3, -0.25) is 4.79 Å². The number of benzene rings is 4. The fraction of sp³-hybridized carbons (Fsp3) is 0.0333. The Hall–Kier alpha value is -5.04. The number of amides is 1. The maximum absolute atomic E-state index is 13.5. The molecule has 6 nitrogen and oxygen atoms in total. The normalized spacial score (nSPS) is 10.9. The molecule has 0 unspecified atom stereocenters. The monoisotopic (exact) mass is 490 g/mol. The summed E-state index contributed by atoms with van der Waals surface area (Å²) >= 11 is 0. The SMILES string of the molecule is O=C(N/N=C/c1cn(-c2ccccc2)nc1-c1ccc(F)cc1)c1ccccc1OCc1ccccc1. The van der Waals surface area contributed by atoms with E-state index in [0.717, 1.165) is 16.8 Å². The lowest BCUT2D eigenvalue weighted by molar-refractivity contribution is 0.0950. The van der Waals surface area contributed by atoms with Crippen LogP contribution in [0.3, 0.4) is 0 Å². The van der Waals surface area contributed by atoms with Crippen LogP contribution in [0, 0.1) is 5.82 Å². The molecule has 0 saturated heterocycles. The van der Waals surface area contributed by atoms with E-state index in [9.17, 15) is 9.18 Å². The molecular formula is C30H23FN4O2. The summed E-state index contributed by atoms with van der Waals surface area (Å²) in [6.07, 6.45) is 3.33. The molecule has 1 heterocycles. The fourth-order valence-corrected chi connectivity index (χ4v) is 3.76. The smallest absolute Gasteiger partial charge is 0.275 e. The Morgan fingerprint density at radius 3 is 2.32 bits per heavy atom. The minimum atomic E-state index is -0.404. The van der Waals surface area contributed by atoms with Gasteiger partial charge in [0.2, 0.25) is 0 Å². The van der Waals surface area contributed by atoms with E-state index in [2.05, 4.69) is 15.6 Å². The molecule has 7 heteroatoms. The molecule has 0 aliphatic rings. The van der Waals surface area contributed by atoms with Gasteiger partial charge in [-0.15, -0.1) is 0 Å². The zero-order valence-corrected chi connectivity index (χ0v) is 19.8. The van der Waals surface area contributed by atoms with Crippen LogP contribution >= 0.6 is 0 Å². The number of ether oxygens (including phenoxy) is 1. The van der Waals surface area contributed by atoms with Gasteiger partial charge in [-0.1, -0.05) is 60.7 Å². The molecule has 5 aromatic rings. The van der Waals surface area contributed by atoms with Crippen molar-refractivity contribution in [3.63, 3.8) is 0 Å². The first-order chi connectivity index (χ1) is 18.2. The van der Waals surface area contributed by atoms with E-state index in [1.165, 1.54) is 18.3 Å². The van der Waals surface area contributed by atoms with E-state index in [4.69, 9.17) is 4.74 Å². The van der Waals surface area contributed by atoms with Gasteiger partial charge in [0.05, 0.1) is 17.5 Å². The van der Waals surface area contributed by atoms with Crippen LogP contribution in [0.5, 0.6) is 5.75 Å². The Morgan fingerprint density at radius 1 is 0.892 bits per heavy atom. The second-order valence-electron chi connectivity index (χ2n) is 8.19. The standard InChI is InChI=1S/C30H23FN4O2/c31-25-17-15-23(16-18-25)29-24(20-35(34-29)26-11-5-2-6-12-26)19-32-33-30(36)27-13-7-8-14-28(27)37-21-22-9-3-1-4-10-22/h1-20H,21H2,(H,33,36)/b32-19+. The van der Waals surface area contributed by atoms with Gasteiger partial charge < -0.3 is 4.74 Å². The van der Waals surface area contributed by atoms with E-state index in [-0.39, 0.29) is 5.82 Å². The molecule has 0 radical (unpaired) electrons. The Morgan fingerprint density at radius 2 is 1.57 bits per heavy atom. The first-order valence-electron chi connectivity index (χ1n) is 11.7. The summed E-state index contributed by atoms with van der Waals surface area (Å²) in [5, 5.41) is 8.85. The molecule has 5 rings (SSSR count). The summed E-state index contributed by atoms with van der Waals surface area (Å²) in [7, 11) is 0. The van der Waals surface area contributed by atoms with Crippen LogP contribution in [0.1, 0.15) is 21.5 Å². The number of nitrogens with one attached hydrogen (secondary N) is 1. The molecule has 1 aromatic heterocycles. The first kappa shape index (κ1) is 23.7. The number of hydrazone groups is 1. The van der Waals surface area contributed by atoms with Crippen molar-refractivity contribution < 1.29 is 13.9 Å². The van der Waals surface area contributed by atoms with Crippen LogP contribution in [0.15, 0.2) is 120 Å². The first-order valence-corrected chi connectivity index (χ1v) is 11.7. The molecule has 37 heavy (non-hydrogen) atoms. The van der Waals surface area contributed by atoms with Crippen molar-refractivity contribution in [1.82, 2.24) is 15.2 Å². The molecule has 1 N–H and O–H groups in total. The molecule has 0 bridgehead atoms. The summed E-state index contributed by atoms with van der Waals surface area (Å²) in [6, 6.07) is 32.4. The minimum absolute atomic E-state index is 0.332. The average molecular weight is 491 g/mol. The number of carbonyl (C=O) groups is 1. The molecule has 0 fully saturated rings. The largest absolute Gasteiger partial charge is 0.488 e. The van der Waals surface area contributed by atoms with Crippen molar-refractivity contribution in [2.24, 2.45) is 5.10 Å². The topological polar surface area (TPSA) is 68.5 Å².